The van der Waals surface area contributed by atoms with Gasteiger partial charge in [0, 0.05) is 0 Å². The first-order valence-electron chi connectivity index (χ1n) is 18.9. The monoisotopic (exact) mass is 926 g/mol. The van der Waals surface area contributed by atoms with Crippen molar-refractivity contribution in [1.82, 2.24) is 0 Å². The van der Waals surface area contributed by atoms with E-state index in [4.69, 9.17) is 14.2 Å². The van der Waals surface area contributed by atoms with Gasteiger partial charge < -0.3 is 14.2 Å². The maximum atomic E-state index is 14.6. The number of hydrogen-bond acceptors (Lipinski definition) is 5. The third-order valence-electron chi connectivity index (χ3n) is 10.5. The van der Waals surface area contributed by atoms with Gasteiger partial charge in [0.15, 0.2) is 0 Å². The first kappa shape index (κ1) is 47.3. The van der Waals surface area contributed by atoms with Crippen molar-refractivity contribution in [3.63, 3.8) is 0 Å². The minimum atomic E-state index is -5.83. The maximum Gasteiger partial charge on any atom is 0.411 e. The van der Waals surface area contributed by atoms with Crippen molar-refractivity contribution in [2.75, 3.05) is 7.11 Å². The third kappa shape index (κ3) is 8.71. The number of hydrogen-bond donors (Lipinski definition) is 0. The molecule has 0 radical (unpaired) electrons. The molecule has 0 atom stereocenters. The predicted molar refractivity (Wildman–Crippen MR) is 211 cm³/mol. The van der Waals surface area contributed by atoms with Gasteiger partial charge in [0.05, 0.1) is 16.9 Å². The SMILES string of the molecule is CCCc1ccc(C(c2ccc(Oc3ccc(S(=O)(=O)c4ccc(Oc5ccc(C(c6ccc(OC)cc6)(C(F)(F)F)C(F)(F)F)cc5)cc4)cc3)cc2)(C(F)(F)F)C(F)(F)F)cc1. The molecule has 0 aliphatic carbocycles. The van der Waals surface area contributed by atoms with E-state index in [2.05, 4.69) is 0 Å². The number of methoxy groups -OCH3 is 1. The van der Waals surface area contributed by atoms with Crippen molar-refractivity contribution in [2.24, 2.45) is 0 Å². The summed E-state index contributed by atoms with van der Waals surface area (Å²) < 4.78 is 218. The van der Waals surface area contributed by atoms with Crippen LogP contribution in [-0.4, -0.2) is 40.2 Å². The molecule has 6 aromatic rings. The highest BCUT2D eigenvalue weighted by Gasteiger charge is 2.73. The molecule has 0 fully saturated rings. The van der Waals surface area contributed by atoms with Gasteiger partial charge >= 0.3 is 24.7 Å². The number of benzene rings is 6. The van der Waals surface area contributed by atoms with Crippen molar-refractivity contribution in [3.8, 4) is 28.7 Å². The van der Waals surface area contributed by atoms with Gasteiger partial charge in [-0.1, -0.05) is 74.0 Å². The molecule has 6 aromatic carbocycles. The molecular formula is C46H34F12O5S. The summed E-state index contributed by atoms with van der Waals surface area (Å²) in [6.45, 7) is 1.82. The first-order valence-corrected chi connectivity index (χ1v) is 20.4. The Hall–Kier alpha value is -6.17. The van der Waals surface area contributed by atoms with Crippen LogP contribution in [0.5, 0.6) is 28.7 Å². The number of alkyl halides is 12. The van der Waals surface area contributed by atoms with Gasteiger partial charge in [0.2, 0.25) is 20.7 Å². The Morgan fingerprint density at radius 1 is 0.391 bits per heavy atom. The Labute approximate surface area is 358 Å². The highest BCUT2D eigenvalue weighted by Crippen LogP contribution is 2.58. The average molecular weight is 927 g/mol. The van der Waals surface area contributed by atoms with E-state index in [1.54, 1.807) is 0 Å². The summed E-state index contributed by atoms with van der Waals surface area (Å²) in [5.74, 6) is -0.326. The second kappa shape index (κ2) is 17.4. The molecule has 5 nitrogen and oxygen atoms in total. The van der Waals surface area contributed by atoms with Gasteiger partial charge in [-0.15, -0.1) is 0 Å². The molecule has 0 unspecified atom stereocenters. The summed E-state index contributed by atoms with van der Waals surface area (Å²) in [6, 6.07) is 23.0. The van der Waals surface area contributed by atoms with E-state index in [0.717, 1.165) is 72.8 Å². The Kier molecular flexibility index (Phi) is 12.9. The van der Waals surface area contributed by atoms with Gasteiger partial charge in [-0.3, -0.25) is 0 Å². The molecule has 0 aliphatic heterocycles. The molecule has 0 heterocycles. The lowest BCUT2D eigenvalue weighted by atomic mass is 9.72. The minimum absolute atomic E-state index is 0.0161. The molecule has 0 saturated carbocycles. The van der Waals surface area contributed by atoms with E-state index >= 15 is 0 Å². The van der Waals surface area contributed by atoms with Crippen LogP contribution in [0.15, 0.2) is 155 Å². The lowest BCUT2D eigenvalue weighted by Crippen LogP contribution is -2.54. The molecule has 64 heavy (non-hydrogen) atoms. The standard InChI is InChI=1S/C46H34F12O5S/c1-3-4-29-5-7-30(8-6-29)41(43(47,48)49,44(50,51)52)32-11-17-35(18-12-32)62-37-21-25-39(26-22-37)64(59,60)40-27-23-38(24-28-40)63-36-19-13-33(14-20-36)42(45(53,54)55,46(56,57)58)31-9-15-34(61-2)16-10-31/h5-28H,3-4H2,1-2H3. The highest BCUT2D eigenvalue weighted by atomic mass is 32.2. The average Bonchev–Trinajstić information content (AvgIpc) is 3.22. The molecular weight excluding hydrogens is 893 g/mol. The van der Waals surface area contributed by atoms with Crippen LogP contribution in [0, 0.1) is 0 Å². The molecule has 338 valence electrons. The predicted octanol–water partition coefficient (Wildman–Crippen LogP) is 13.9. The smallest absolute Gasteiger partial charge is 0.411 e. The quantitative estimate of drug-likeness (QED) is 0.108. The molecule has 0 aliphatic rings. The Bertz CT molecular complexity index is 2590. The van der Waals surface area contributed by atoms with Crippen LogP contribution in [0.2, 0.25) is 0 Å². The minimum Gasteiger partial charge on any atom is -0.497 e. The lowest BCUT2D eigenvalue weighted by Gasteiger charge is -2.38. The van der Waals surface area contributed by atoms with Crippen molar-refractivity contribution in [2.45, 2.75) is 65.1 Å². The summed E-state index contributed by atoms with van der Waals surface area (Å²) in [4.78, 5) is -0.504. The Morgan fingerprint density at radius 3 is 0.891 bits per heavy atom. The fraction of sp³-hybridized carbons (Fsp3) is 0.217. The molecule has 6 rings (SSSR count). The highest BCUT2D eigenvalue weighted by molar-refractivity contribution is 7.91. The van der Waals surface area contributed by atoms with E-state index in [1.165, 1.54) is 43.5 Å². The van der Waals surface area contributed by atoms with E-state index in [0.29, 0.717) is 54.8 Å². The van der Waals surface area contributed by atoms with Crippen molar-refractivity contribution >= 4 is 9.84 Å². The summed E-state index contributed by atoms with van der Waals surface area (Å²) in [7, 11) is -3.03. The number of rotatable bonds is 13. The maximum absolute atomic E-state index is 14.6. The van der Waals surface area contributed by atoms with Gasteiger partial charge in [0.25, 0.3) is 0 Å². The third-order valence-corrected chi connectivity index (χ3v) is 12.2. The molecule has 18 heteroatoms. The number of sulfone groups is 1. The van der Waals surface area contributed by atoms with Crippen LogP contribution in [0.4, 0.5) is 52.7 Å². The Balaban J connectivity index is 1.17. The molecule has 0 spiro atoms. The largest absolute Gasteiger partial charge is 0.497 e. The zero-order valence-corrected chi connectivity index (χ0v) is 34.1. The van der Waals surface area contributed by atoms with E-state index in [1.807, 2.05) is 6.92 Å². The van der Waals surface area contributed by atoms with Crippen LogP contribution in [0.1, 0.15) is 41.2 Å². The van der Waals surface area contributed by atoms with E-state index in [-0.39, 0.29) is 38.5 Å². The first-order chi connectivity index (χ1) is 29.9. The normalized spacial score (nSPS) is 13.1. The van der Waals surface area contributed by atoms with Crippen LogP contribution in [0.25, 0.3) is 0 Å². The topological polar surface area (TPSA) is 61.8 Å². The number of aryl methyl sites for hydroxylation is 1. The zero-order valence-electron chi connectivity index (χ0n) is 33.3. The fourth-order valence-corrected chi connectivity index (χ4v) is 8.60. The molecule has 0 N–H and O–H groups in total. The second-order valence-corrected chi connectivity index (χ2v) is 16.3. The van der Waals surface area contributed by atoms with Gasteiger partial charge in [-0.2, -0.15) is 52.7 Å². The number of ether oxygens (including phenoxy) is 3. The van der Waals surface area contributed by atoms with Gasteiger partial charge in [0.1, 0.15) is 28.7 Å². The second-order valence-electron chi connectivity index (χ2n) is 14.4. The van der Waals surface area contributed by atoms with Crippen LogP contribution in [0.3, 0.4) is 0 Å². The number of halogens is 12. The van der Waals surface area contributed by atoms with Crippen molar-refractivity contribution in [3.05, 3.63) is 173 Å². The van der Waals surface area contributed by atoms with Gasteiger partial charge in [-0.25, -0.2) is 8.42 Å². The summed E-state index contributed by atoms with van der Waals surface area (Å²) in [6.07, 6.45) is -22.1. The summed E-state index contributed by atoms with van der Waals surface area (Å²) in [5.41, 5.74) is -12.5. The molecule has 0 aromatic heterocycles. The Morgan fingerprint density at radius 2 is 0.641 bits per heavy atom. The van der Waals surface area contributed by atoms with Gasteiger partial charge in [-0.05, 0) is 119 Å². The summed E-state index contributed by atoms with van der Waals surface area (Å²) >= 11 is 0. The van der Waals surface area contributed by atoms with Crippen LogP contribution < -0.4 is 14.2 Å². The van der Waals surface area contributed by atoms with Crippen molar-refractivity contribution in [1.29, 1.82) is 0 Å². The summed E-state index contributed by atoms with van der Waals surface area (Å²) in [5, 5.41) is 0. The van der Waals surface area contributed by atoms with E-state index in [9.17, 15) is 61.1 Å². The van der Waals surface area contributed by atoms with E-state index < -0.39 is 67.6 Å². The molecule has 0 amide bonds. The zero-order chi connectivity index (χ0) is 46.9. The molecule has 0 saturated heterocycles. The lowest BCUT2D eigenvalue weighted by molar-refractivity contribution is -0.290. The van der Waals surface area contributed by atoms with Crippen molar-refractivity contribution < 1.29 is 75.3 Å². The fourth-order valence-electron chi connectivity index (χ4n) is 7.34. The van der Waals surface area contributed by atoms with Crippen LogP contribution in [-0.2, 0) is 27.1 Å². The molecule has 0 bridgehead atoms. The van der Waals surface area contributed by atoms with Crippen LogP contribution >= 0.6 is 0 Å².